The predicted molar refractivity (Wildman–Crippen MR) is 123 cm³/mol. The number of nitrogens with zero attached hydrogens (tertiary/aromatic N) is 4. The van der Waals surface area contributed by atoms with E-state index in [9.17, 15) is 8.42 Å². The van der Waals surface area contributed by atoms with E-state index < -0.39 is 14.6 Å². The summed E-state index contributed by atoms with van der Waals surface area (Å²) in [7, 11) is -1.40. The van der Waals surface area contributed by atoms with Crippen molar-refractivity contribution in [3.63, 3.8) is 0 Å². The van der Waals surface area contributed by atoms with Crippen molar-refractivity contribution in [1.29, 1.82) is 0 Å². The van der Waals surface area contributed by atoms with E-state index >= 15 is 0 Å². The van der Waals surface area contributed by atoms with Crippen LogP contribution >= 0.6 is 24.0 Å². The lowest BCUT2D eigenvalue weighted by Gasteiger charge is -2.39. The molecule has 0 unspecified atom stereocenters. The fourth-order valence-electron chi connectivity index (χ4n) is 3.26. The molecule has 162 valence electrons. The molecule has 1 N–H and O–H groups in total. The fourth-order valence-corrected chi connectivity index (χ4v) is 4.63. The van der Waals surface area contributed by atoms with Gasteiger partial charge in [-0.05, 0) is 34.6 Å². The summed E-state index contributed by atoms with van der Waals surface area (Å²) in [5.74, 6) is 0.904. The number of guanidine groups is 1. The second-order valence-corrected chi connectivity index (χ2v) is 10.3. The number of hydrogen-bond donors (Lipinski definition) is 1. The lowest BCUT2D eigenvalue weighted by molar-refractivity contribution is 0.182. The SMILES string of the molecule is CCNC(=NCc1c(C)nn(CCOC)c1C)N1CCS(=O)(=O)C(C)(C)C1.I. The van der Waals surface area contributed by atoms with Gasteiger partial charge in [0.05, 0.1) is 35.9 Å². The van der Waals surface area contributed by atoms with Gasteiger partial charge in [-0.2, -0.15) is 5.10 Å². The third-order valence-electron chi connectivity index (χ3n) is 5.10. The largest absolute Gasteiger partial charge is 0.383 e. The summed E-state index contributed by atoms with van der Waals surface area (Å²) in [4.78, 5) is 6.83. The van der Waals surface area contributed by atoms with Crippen LogP contribution in [-0.2, 0) is 27.7 Å². The number of aromatic nitrogens is 2. The maximum absolute atomic E-state index is 12.3. The standard InChI is InChI=1S/C18H33N5O3S.HI/c1-7-19-17(22-9-11-27(24,25)18(4,5)13-22)20-12-16-14(2)21-23(15(16)3)8-10-26-6;/h7-13H2,1-6H3,(H,19,20);1H. The molecule has 0 saturated carbocycles. The van der Waals surface area contributed by atoms with Gasteiger partial charge in [-0.3, -0.25) is 4.68 Å². The first kappa shape index (κ1) is 25.2. The Morgan fingerprint density at radius 3 is 2.61 bits per heavy atom. The lowest BCUT2D eigenvalue weighted by atomic mass is 10.2. The third-order valence-corrected chi connectivity index (χ3v) is 7.64. The average Bonchev–Trinajstić information content (AvgIpc) is 2.86. The number of methoxy groups -OCH3 is 1. The van der Waals surface area contributed by atoms with E-state index in [1.807, 2.05) is 30.4 Å². The van der Waals surface area contributed by atoms with Gasteiger partial charge >= 0.3 is 0 Å². The minimum Gasteiger partial charge on any atom is -0.383 e. The van der Waals surface area contributed by atoms with Gasteiger partial charge in [0.25, 0.3) is 0 Å². The van der Waals surface area contributed by atoms with Gasteiger partial charge in [0, 0.05) is 38.0 Å². The first-order valence-electron chi connectivity index (χ1n) is 9.40. The third kappa shape index (κ3) is 5.59. The van der Waals surface area contributed by atoms with Crippen molar-refractivity contribution in [2.24, 2.45) is 4.99 Å². The van der Waals surface area contributed by atoms with Crippen LogP contribution in [0.5, 0.6) is 0 Å². The van der Waals surface area contributed by atoms with Crippen LogP contribution in [0.2, 0.25) is 0 Å². The molecule has 0 aromatic carbocycles. The maximum atomic E-state index is 12.3. The number of rotatable bonds is 6. The Morgan fingerprint density at radius 2 is 2.04 bits per heavy atom. The summed E-state index contributed by atoms with van der Waals surface area (Å²) in [5.41, 5.74) is 3.15. The van der Waals surface area contributed by atoms with Gasteiger partial charge < -0.3 is 15.0 Å². The number of sulfone groups is 1. The predicted octanol–water partition coefficient (Wildman–Crippen LogP) is 1.74. The van der Waals surface area contributed by atoms with Crippen LogP contribution in [0.4, 0.5) is 0 Å². The van der Waals surface area contributed by atoms with Gasteiger partial charge in [0.2, 0.25) is 0 Å². The van der Waals surface area contributed by atoms with Crippen molar-refractivity contribution < 1.29 is 13.2 Å². The lowest BCUT2D eigenvalue weighted by Crippen LogP contribution is -2.57. The van der Waals surface area contributed by atoms with Crippen molar-refractivity contribution in [1.82, 2.24) is 20.0 Å². The second kappa shape index (κ2) is 10.2. The molecule has 0 spiro atoms. The Balaban J connectivity index is 0.00000392. The van der Waals surface area contributed by atoms with Crippen molar-refractivity contribution >= 4 is 39.8 Å². The highest BCUT2D eigenvalue weighted by Gasteiger charge is 2.40. The van der Waals surface area contributed by atoms with E-state index in [1.165, 1.54) is 0 Å². The van der Waals surface area contributed by atoms with Crippen LogP contribution in [0.3, 0.4) is 0 Å². The highest BCUT2D eigenvalue weighted by Crippen LogP contribution is 2.24. The monoisotopic (exact) mass is 527 g/mol. The molecular weight excluding hydrogens is 493 g/mol. The van der Waals surface area contributed by atoms with Crippen LogP contribution in [0.25, 0.3) is 0 Å². The van der Waals surface area contributed by atoms with Crippen LogP contribution in [-0.4, -0.2) is 72.9 Å². The minimum atomic E-state index is -3.08. The molecule has 0 amide bonds. The molecule has 2 rings (SSSR count). The number of aryl methyl sites for hydroxylation is 1. The molecule has 2 heterocycles. The molecule has 10 heteroatoms. The molecule has 1 aliphatic heterocycles. The molecule has 8 nitrogen and oxygen atoms in total. The highest BCUT2D eigenvalue weighted by molar-refractivity contribution is 14.0. The van der Waals surface area contributed by atoms with E-state index in [0.717, 1.165) is 29.5 Å². The normalized spacial score (nSPS) is 18.6. The van der Waals surface area contributed by atoms with E-state index in [4.69, 9.17) is 9.73 Å². The number of halogens is 1. The first-order valence-corrected chi connectivity index (χ1v) is 11.1. The molecule has 1 saturated heterocycles. The maximum Gasteiger partial charge on any atom is 0.194 e. The van der Waals surface area contributed by atoms with Gasteiger partial charge in [0.15, 0.2) is 15.8 Å². The number of nitrogens with one attached hydrogen (secondary N) is 1. The highest BCUT2D eigenvalue weighted by atomic mass is 127. The summed E-state index contributed by atoms with van der Waals surface area (Å²) < 4.78 is 30.9. The zero-order chi connectivity index (χ0) is 20.2. The van der Waals surface area contributed by atoms with Crippen molar-refractivity contribution in [2.45, 2.75) is 52.5 Å². The molecule has 0 radical (unpaired) electrons. The number of aliphatic imine (C=N–C) groups is 1. The van der Waals surface area contributed by atoms with Gasteiger partial charge in [-0.15, -0.1) is 24.0 Å². The zero-order valence-electron chi connectivity index (χ0n) is 17.8. The van der Waals surface area contributed by atoms with Crippen LogP contribution in [0.1, 0.15) is 37.7 Å². The van der Waals surface area contributed by atoms with Gasteiger partial charge in [-0.25, -0.2) is 13.4 Å². The average molecular weight is 527 g/mol. The quantitative estimate of drug-likeness (QED) is 0.345. The summed E-state index contributed by atoms with van der Waals surface area (Å²) in [5, 5.41) is 7.88. The van der Waals surface area contributed by atoms with Crippen LogP contribution in [0, 0.1) is 13.8 Å². The summed E-state index contributed by atoms with van der Waals surface area (Å²) in [6.45, 7) is 13.1. The summed E-state index contributed by atoms with van der Waals surface area (Å²) >= 11 is 0. The topological polar surface area (TPSA) is 88.8 Å². The smallest absolute Gasteiger partial charge is 0.194 e. The first-order chi connectivity index (χ1) is 12.6. The van der Waals surface area contributed by atoms with E-state index in [0.29, 0.717) is 32.8 Å². The molecule has 1 aromatic heterocycles. The number of ether oxygens (including phenoxy) is 1. The molecule has 1 fully saturated rings. The Kier molecular flexibility index (Phi) is 9.20. The number of hydrogen-bond acceptors (Lipinski definition) is 5. The second-order valence-electron chi connectivity index (χ2n) is 7.54. The molecule has 28 heavy (non-hydrogen) atoms. The molecular formula is C18H34IN5O3S. The van der Waals surface area contributed by atoms with E-state index in [-0.39, 0.29) is 29.7 Å². The van der Waals surface area contributed by atoms with Crippen molar-refractivity contribution in [2.75, 3.05) is 39.1 Å². The van der Waals surface area contributed by atoms with Crippen molar-refractivity contribution in [3.8, 4) is 0 Å². The van der Waals surface area contributed by atoms with Gasteiger partial charge in [-0.1, -0.05) is 0 Å². The molecule has 1 aliphatic rings. The Hall–Kier alpha value is -0.880. The Morgan fingerprint density at radius 1 is 1.36 bits per heavy atom. The Bertz CT molecular complexity index is 789. The minimum absolute atomic E-state index is 0. The van der Waals surface area contributed by atoms with E-state index in [2.05, 4.69) is 10.4 Å². The van der Waals surface area contributed by atoms with Gasteiger partial charge in [0.1, 0.15) is 0 Å². The molecule has 1 aromatic rings. The fraction of sp³-hybridized carbons (Fsp3) is 0.778. The van der Waals surface area contributed by atoms with Crippen LogP contribution < -0.4 is 5.32 Å². The van der Waals surface area contributed by atoms with E-state index in [1.54, 1.807) is 21.0 Å². The van der Waals surface area contributed by atoms with Crippen molar-refractivity contribution in [3.05, 3.63) is 17.0 Å². The Labute approximate surface area is 186 Å². The molecule has 0 atom stereocenters. The molecule has 0 aliphatic carbocycles. The summed E-state index contributed by atoms with van der Waals surface area (Å²) in [6.07, 6.45) is 0. The van der Waals surface area contributed by atoms with Crippen LogP contribution in [0.15, 0.2) is 4.99 Å². The zero-order valence-corrected chi connectivity index (χ0v) is 20.9. The summed E-state index contributed by atoms with van der Waals surface area (Å²) in [6, 6.07) is 0. The molecule has 0 bridgehead atoms.